The number of benzene rings is 1. The van der Waals surface area contributed by atoms with Crippen LogP contribution >= 0.6 is 12.6 Å². The molecule has 0 heterocycles. The fourth-order valence-electron chi connectivity index (χ4n) is 0.713. The molecule has 1 aromatic rings. The third kappa shape index (κ3) is 3.01. The van der Waals surface area contributed by atoms with Crippen LogP contribution in [0, 0.1) is 0 Å². The van der Waals surface area contributed by atoms with Gasteiger partial charge in [-0.05, 0) is 12.1 Å². The number of halogens is 3. The Balaban J connectivity index is 0. The minimum Gasteiger partial charge on any atom is -1.00 e. The molecule has 0 bridgehead atoms. The first-order valence-corrected chi connectivity index (χ1v) is 3.32. The van der Waals surface area contributed by atoms with Crippen molar-refractivity contribution in [2.75, 3.05) is 0 Å². The van der Waals surface area contributed by atoms with Gasteiger partial charge in [0.25, 0.3) is 0 Å². The van der Waals surface area contributed by atoms with Crippen LogP contribution in [-0.2, 0) is 6.18 Å². The van der Waals surface area contributed by atoms with E-state index in [4.69, 9.17) is 0 Å². The Morgan fingerprint density at radius 1 is 1.17 bits per heavy atom. The second kappa shape index (κ2) is 4.56. The average molecular weight is 202 g/mol. The van der Waals surface area contributed by atoms with Gasteiger partial charge in [-0.2, -0.15) is 13.2 Å². The maximum atomic E-state index is 12.0. The summed E-state index contributed by atoms with van der Waals surface area (Å²) in [7, 11) is 0. The van der Waals surface area contributed by atoms with E-state index in [2.05, 4.69) is 12.6 Å². The second-order valence-electron chi connectivity index (χ2n) is 2.01. The van der Waals surface area contributed by atoms with E-state index in [1.165, 1.54) is 18.2 Å². The quantitative estimate of drug-likeness (QED) is 0.448. The van der Waals surface area contributed by atoms with Crippen molar-refractivity contribution in [1.29, 1.82) is 0 Å². The van der Waals surface area contributed by atoms with E-state index in [1.807, 2.05) is 0 Å². The molecule has 0 saturated heterocycles. The molecule has 0 unspecified atom stereocenters. The van der Waals surface area contributed by atoms with Crippen LogP contribution in [-0.4, -0.2) is 0 Å². The van der Waals surface area contributed by atoms with Gasteiger partial charge < -0.3 is 1.43 Å². The third-order valence-corrected chi connectivity index (χ3v) is 1.60. The van der Waals surface area contributed by atoms with Crippen LogP contribution in [0.4, 0.5) is 13.2 Å². The molecular weight excluding hydrogens is 196 g/mol. The van der Waals surface area contributed by atoms with Crippen LogP contribution in [0.2, 0.25) is 0 Å². The number of thiol groups is 1. The Labute approximate surface area is 97.3 Å². The smallest absolute Gasteiger partial charge is 1.00 e. The number of rotatable bonds is 0. The number of hydrogen-bond acceptors (Lipinski definition) is 1. The first-order valence-electron chi connectivity index (χ1n) is 2.87. The average Bonchev–Trinajstić information content (AvgIpc) is 1.86. The van der Waals surface area contributed by atoms with Crippen molar-refractivity contribution < 1.29 is 44.2 Å². The van der Waals surface area contributed by atoms with Gasteiger partial charge in [-0.1, -0.05) is 12.1 Å². The first kappa shape index (κ1) is 12.4. The summed E-state index contributed by atoms with van der Waals surface area (Å²) in [5.41, 5.74) is -0.691. The van der Waals surface area contributed by atoms with Crippen LogP contribution < -0.4 is 29.6 Å². The minimum absolute atomic E-state index is 0. The molecule has 0 amide bonds. The Morgan fingerprint density at radius 3 is 2.00 bits per heavy atom. The molecule has 0 N–H and O–H groups in total. The van der Waals surface area contributed by atoms with Gasteiger partial charge in [-0.3, -0.25) is 0 Å². The molecule has 0 radical (unpaired) electrons. The first-order chi connectivity index (χ1) is 5.02. The van der Waals surface area contributed by atoms with Crippen LogP contribution in [0.15, 0.2) is 29.2 Å². The van der Waals surface area contributed by atoms with Crippen molar-refractivity contribution in [2.24, 2.45) is 0 Å². The molecule has 0 saturated carbocycles. The molecule has 0 aliphatic rings. The van der Waals surface area contributed by atoms with Crippen LogP contribution in [0.3, 0.4) is 0 Å². The molecule has 5 heteroatoms. The minimum atomic E-state index is -4.29. The summed E-state index contributed by atoms with van der Waals surface area (Å²) in [6.45, 7) is 0. The van der Waals surface area contributed by atoms with Gasteiger partial charge in [0, 0.05) is 4.90 Å². The monoisotopic (exact) mass is 202 g/mol. The molecule has 62 valence electrons. The van der Waals surface area contributed by atoms with Crippen molar-refractivity contribution >= 4 is 12.6 Å². The van der Waals surface area contributed by atoms with E-state index in [0.29, 0.717) is 0 Å². The molecule has 0 fully saturated rings. The van der Waals surface area contributed by atoms with E-state index >= 15 is 0 Å². The van der Waals surface area contributed by atoms with E-state index < -0.39 is 11.7 Å². The largest absolute Gasteiger partial charge is 1.00 e. The summed E-state index contributed by atoms with van der Waals surface area (Å²) in [6, 6.07) is 5.16. The second-order valence-corrected chi connectivity index (χ2v) is 2.50. The van der Waals surface area contributed by atoms with Crippen molar-refractivity contribution in [3.8, 4) is 0 Å². The third-order valence-electron chi connectivity index (χ3n) is 1.21. The summed E-state index contributed by atoms with van der Waals surface area (Å²) in [4.78, 5) is -0.0417. The molecule has 0 aliphatic heterocycles. The number of hydrogen-bond donors (Lipinski definition) is 1. The van der Waals surface area contributed by atoms with Crippen molar-refractivity contribution in [3.05, 3.63) is 29.8 Å². The molecule has 1 aromatic carbocycles. The van der Waals surface area contributed by atoms with E-state index in [9.17, 15) is 13.2 Å². The zero-order valence-electron chi connectivity index (χ0n) is 7.39. The summed E-state index contributed by atoms with van der Waals surface area (Å²) in [6.07, 6.45) is -4.29. The number of alkyl halides is 3. The molecule has 1 rings (SSSR count). The van der Waals surface area contributed by atoms with Crippen molar-refractivity contribution in [3.63, 3.8) is 0 Å². The fraction of sp³-hybridized carbons (Fsp3) is 0.143. The van der Waals surface area contributed by atoms with Gasteiger partial charge in [-0.15, -0.1) is 12.6 Å². The Hall–Kier alpha value is 0.360. The molecule has 0 spiro atoms. The summed E-state index contributed by atoms with van der Waals surface area (Å²) >= 11 is 3.67. The molecule has 12 heavy (non-hydrogen) atoms. The fourth-order valence-corrected chi connectivity index (χ4v) is 1.00. The maximum Gasteiger partial charge on any atom is 1.00 e. The van der Waals surface area contributed by atoms with Gasteiger partial charge in [0.15, 0.2) is 0 Å². The topological polar surface area (TPSA) is 0 Å². The van der Waals surface area contributed by atoms with Crippen molar-refractivity contribution in [1.82, 2.24) is 0 Å². The summed E-state index contributed by atoms with van der Waals surface area (Å²) in [5.74, 6) is 0. The van der Waals surface area contributed by atoms with E-state index in [-0.39, 0.29) is 35.9 Å². The Morgan fingerprint density at radius 2 is 1.67 bits per heavy atom. The van der Waals surface area contributed by atoms with E-state index in [1.54, 1.807) is 0 Å². The van der Waals surface area contributed by atoms with Gasteiger partial charge in [0.2, 0.25) is 0 Å². The van der Waals surface area contributed by atoms with Gasteiger partial charge in [-0.25, -0.2) is 0 Å². The summed E-state index contributed by atoms with van der Waals surface area (Å²) in [5, 5.41) is 0. The zero-order chi connectivity index (χ0) is 8.48. The predicted octanol–water partition coefficient (Wildman–Crippen LogP) is 0.111. The zero-order valence-corrected chi connectivity index (χ0v) is 9.28. The Bertz CT molecular complexity index is 264. The predicted molar refractivity (Wildman–Crippen MR) is 39.8 cm³/mol. The maximum absolute atomic E-state index is 12.0. The molecular formula is C7H6F3NaS. The normalized spacial score (nSPS) is 10.7. The SMILES string of the molecule is FC(F)(F)c1ccccc1S.[H-].[Na+]. The molecule has 0 atom stereocenters. The van der Waals surface area contributed by atoms with Gasteiger partial charge in [0.05, 0.1) is 5.56 Å². The van der Waals surface area contributed by atoms with Crippen molar-refractivity contribution in [2.45, 2.75) is 11.1 Å². The van der Waals surface area contributed by atoms with Crippen LogP contribution in [0.5, 0.6) is 0 Å². The van der Waals surface area contributed by atoms with Crippen LogP contribution in [0.25, 0.3) is 0 Å². The molecule has 0 nitrogen and oxygen atoms in total. The molecule has 0 aromatic heterocycles. The van der Waals surface area contributed by atoms with Gasteiger partial charge >= 0.3 is 35.7 Å². The standard InChI is InChI=1S/C7H5F3S.Na.H/c8-7(9,10)5-3-1-2-4-6(5)11;;/h1-4,11H;;/q;+1;-1. The molecule has 0 aliphatic carbocycles. The Kier molecular flexibility index (Phi) is 4.69. The van der Waals surface area contributed by atoms with Crippen LogP contribution in [0.1, 0.15) is 6.99 Å². The van der Waals surface area contributed by atoms with Gasteiger partial charge in [0.1, 0.15) is 0 Å². The van der Waals surface area contributed by atoms with E-state index in [0.717, 1.165) is 6.07 Å². The summed E-state index contributed by atoms with van der Waals surface area (Å²) < 4.78 is 36.0.